The van der Waals surface area contributed by atoms with Crippen molar-refractivity contribution in [2.45, 2.75) is 39.3 Å². The highest BCUT2D eigenvalue weighted by atomic mass is 35.5. The Morgan fingerprint density at radius 2 is 2.00 bits per heavy atom. The second-order valence-electron chi connectivity index (χ2n) is 5.02. The Bertz CT molecular complexity index is 582. The molecule has 20 heavy (non-hydrogen) atoms. The molecule has 0 radical (unpaired) electrons. The van der Waals surface area contributed by atoms with E-state index in [1.807, 2.05) is 19.1 Å². The van der Waals surface area contributed by atoms with Crippen LogP contribution in [0.15, 0.2) is 30.3 Å². The zero-order valence-electron chi connectivity index (χ0n) is 12.0. The number of hydrogen-bond donors (Lipinski definition) is 1. The minimum Gasteiger partial charge on any atom is -0.483 e. The zero-order chi connectivity index (χ0) is 14.7. The molecule has 2 rings (SSSR count). The summed E-state index contributed by atoms with van der Waals surface area (Å²) < 4.78 is 6.97. The molecule has 1 aromatic carbocycles. The Kier molecular flexibility index (Phi) is 5.08. The lowest BCUT2D eigenvalue weighted by Crippen LogP contribution is -2.31. The molecular weight excluding hydrogens is 290 g/mol. The highest BCUT2D eigenvalue weighted by molar-refractivity contribution is 7.16. The normalized spacial score (nSPS) is 14.1. The summed E-state index contributed by atoms with van der Waals surface area (Å²) in [7, 11) is 0. The molecule has 0 saturated carbocycles. The lowest BCUT2D eigenvalue weighted by Gasteiger charge is -2.24. The van der Waals surface area contributed by atoms with Gasteiger partial charge in [0.15, 0.2) is 0 Å². The van der Waals surface area contributed by atoms with E-state index in [4.69, 9.17) is 22.1 Å². The van der Waals surface area contributed by atoms with E-state index in [-0.39, 0.29) is 12.1 Å². The molecule has 2 atom stereocenters. The summed E-state index contributed by atoms with van der Waals surface area (Å²) >= 11 is 7.56. The number of rotatable bonds is 5. The molecule has 4 heteroatoms. The van der Waals surface area contributed by atoms with E-state index < -0.39 is 0 Å². The van der Waals surface area contributed by atoms with Gasteiger partial charge in [0.1, 0.15) is 11.9 Å². The summed E-state index contributed by atoms with van der Waals surface area (Å²) in [4.78, 5) is 1.07. The number of thiophene rings is 1. The van der Waals surface area contributed by atoms with Crippen molar-refractivity contribution >= 4 is 22.9 Å². The minimum atomic E-state index is -0.155. The molecule has 2 nitrogen and oxygen atoms in total. The second kappa shape index (κ2) is 6.61. The number of ether oxygens (including phenoxy) is 1. The summed E-state index contributed by atoms with van der Waals surface area (Å²) in [6.07, 6.45) is 0.698. The predicted molar refractivity (Wildman–Crippen MR) is 86.9 cm³/mol. The van der Waals surface area contributed by atoms with Crippen molar-refractivity contribution in [3.8, 4) is 5.75 Å². The van der Waals surface area contributed by atoms with Crippen LogP contribution in [0.2, 0.25) is 4.34 Å². The molecule has 1 aromatic heterocycles. The average Bonchev–Trinajstić information content (AvgIpc) is 2.85. The SMILES string of the molecule is CCC(N)C(Oc1cc(C)ccc1C)c1ccc(Cl)s1. The van der Waals surface area contributed by atoms with Gasteiger partial charge in [-0.05, 0) is 49.6 Å². The van der Waals surface area contributed by atoms with Gasteiger partial charge in [0.25, 0.3) is 0 Å². The van der Waals surface area contributed by atoms with E-state index in [1.165, 1.54) is 16.9 Å². The van der Waals surface area contributed by atoms with Gasteiger partial charge in [-0.3, -0.25) is 0 Å². The van der Waals surface area contributed by atoms with Gasteiger partial charge in [-0.25, -0.2) is 0 Å². The van der Waals surface area contributed by atoms with Crippen LogP contribution in [0.25, 0.3) is 0 Å². The first-order valence-corrected chi connectivity index (χ1v) is 7.95. The van der Waals surface area contributed by atoms with Crippen LogP contribution in [-0.2, 0) is 0 Å². The fraction of sp³-hybridized carbons (Fsp3) is 0.375. The first kappa shape index (κ1) is 15.4. The van der Waals surface area contributed by atoms with E-state index in [1.54, 1.807) is 0 Å². The van der Waals surface area contributed by atoms with Gasteiger partial charge < -0.3 is 10.5 Å². The summed E-state index contributed by atoms with van der Waals surface area (Å²) in [5.74, 6) is 0.892. The first-order valence-electron chi connectivity index (χ1n) is 6.76. The van der Waals surface area contributed by atoms with Crippen LogP contribution in [-0.4, -0.2) is 6.04 Å². The standard InChI is InChI=1S/C16H20ClNOS/c1-4-12(18)16(14-7-8-15(17)20-14)19-13-9-10(2)5-6-11(13)3/h5-9,12,16H,4,18H2,1-3H3. The van der Waals surface area contributed by atoms with E-state index in [9.17, 15) is 0 Å². The van der Waals surface area contributed by atoms with Gasteiger partial charge in [-0.15, -0.1) is 11.3 Å². The molecule has 0 aliphatic carbocycles. The molecule has 108 valence electrons. The highest BCUT2D eigenvalue weighted by Gasteiger charge is 2.23. The maximum absolute atomic E-state index is 6.23. The first-order chi connectivity index (χ1) is 9.51. The van der Waals surface area contributed by atoms with Crippen molar-refractivity contribution in [2.24, 2.45) is 5.73 Å². The lowest BCUT2D eigenvalue weighted by molar-refractivity contribution is 0.173. The zero-order valence-corrected chi connectivity index (χ0v) is 13.6. The van der Waals surface area contributed by atoms with Gasteiger partial charge in [0.05, 0.1) is 4.34 Å². The van der Waals surface area contributed by atoms with Gasteiger partial charge in [0, 0.05) is 10.9 Å². The molecule has 0 fully saturated rings. The van der Waals surface area contributed by atoms with Crippen LogP contribution >= 0.6 is 22.9 Å². The summed E-state index contributed by atoms with van der Waals surface area (Å²) in [6.45, 7) is 6.17. The summed E-state index contributed by atoms with van der Waals surface area (Å²) in [5.41, 5.74) is 8.53. The van der Waals surface area contributed by atoms with E-state index >= 15 is 0 Å². The molecule has 0 spiro atoms. The Balaban J connectivity index is 2.30. The number of nitrogens with two attached hydrogens (primary N) is 1. The van der Waals surface area contributed by atoms with Crippen molar-refractivity contribution in [3.05, 3.63) is 50.7 Å². The predicted octanol–water partition coefficient (Wildman–Crippen LogP) is 4.88. The van der Waals surface area contributed by atoms with Crippen LogP contribution in [0.1, 0.15) is 35.5 Å². The molecule has 0 aliphatic heterocycles. The van der Waals surface area contributed by atoms with Crippen molar-refractivity contribution in [1.29, 1.82) is 0 Å². The Labute approximate surface area is 129 Å². The van der Waals surface area contributed by atoms with E-state index in [2.05, 4.69) is 32.0 Å². The van der Waals surface area contributed by atoms with Crippen LogP contribution in [0.5, 0.6) is 5.75 Å². The molecule has 0 bridgehead atoms. The molecule has 2 N–H and O–H groups in total. The molecule has 0 aliphatic rings. The quantitative estimate of drug-likeness (QED) is 0.854. The number of benzene rings is 1. The Morgan fingerprint density at radius 1 is 1.25 bits per heavy atom. The number of aryl methyl sites for hydroxylation is 2. The molecule has 2 unspecified atom stereocenters. The third kappa shape index (κ3) is 3.54. The second-order valence-corrected chi connectivity index (χ2v) is 6.77. The number of hydrogen-bond acceptors (Lipinski definition) is 3. The molecule has 0 saturated heterocycles. The maximum atomic E-state index is 6.23. The molecule has 1 heterocycles. The topological polar surface area (TPSA) is 35.2 Å². The highest BCUT2D eigenvalue weighted by Crippen LogP contribution is 2.34. The van der Waals surface area contributed by atoms with Gasteiger partial charge >= 0.3 is 0 Å². The molecule has 2 aromatic rings. The van der Waals surface area contributed by atoms with Crippen LogP contribution in [0, 0.1) is 13.8 Å². The third-order valence-corrected chi connectivity index (χ3v) is 4.62. The van der Waals surface area contributed by atoms with Crippen molar-refractivity contribution in [3.63, 3.8) is 0 Å². The van der Waals surface area contributed by atoms with Crippen LogP contribution in [0.3, 0.4) is 0 Å². The minimum absolute atomic E-state index is 0.0513. The largest absolute Gasteiger partial charge is 0.483 e. The number of halogens is 1. The Hall–Kier alpha value is -1.03. The van der Waals surface area contributed by atoms with Crippen LogP contribution < -0.4 is 10.5 Å². The van der Waals surface area contributed by atoms with Gasteiger partial charge in [-0.1, -0.05) is 30.7 Å². The lowest BCUT2D eigenvalue weighted by atomic mass is 10.1. The van der Waals surface area contributed by atoms with E-state index in [0.717, 1.165) is 26.9 Å². The molecule has 0 amide bonds. The third-order valence-electron chi connectivity index (χ3n) is 3.33. The van der Waals surface area contributed by atoms with Crippen molar-refractivity contribution in [2.75, 3.05) is 0 Å². The van der Waals surface area contributed by atoms with Crippen molar-refractivity contribution in [1.82, 2.24) is 0 Å². The maximum Gasteiger partial charge on any atom is 0.148 e. The summed E-state index contributed by atoms with van der Waals surface area (Å²) in [6, 6.07) is 10.0. The monoisotopic (exact) mass is 309 g/mol. The van der Waals surface area contributed by atoms with E-state index in [0.29, 0.717) is 0 Å². The fourth-order valence-corrected chi connectivity index (χ4v) is 3.19. The molecular formula is C16H20ClNOS. The van der Waals surface area contributed by atoms with Crippen LogP contribution in [0.4, 0.5) is 0 Å². The summed E-state index contributed by atoms with van der Waals surface area (Å²) in [5, 5.41) is 0. The smallest absolute Gasteiger partial charge is 0.148 e. The fourth-order valence-electron chi connectivity index (χ4n) is 2.02. The van der Waals surface area contributed by atoms with Gasteiger partial charge in [-0.2, -0.15) is 0 Å². The van der Waals surface area contributed by atoms with Gasteiger partial charge in [0.2, 0.25) is 0 Å². The Morgan fingerprint density at radius 3 is 2.60 bits per heavy atom. The average molecular weight is 310 g/mol. The van der Waals surface area contributed by atoms with Crippen molar-refractivity contribution < 1.29 is 4.74 Å².